The molecule has 1 fully saturated rings. The third kappa shape index (κ3) is 1.78. The lowest BCUT2D eigenvalue weighted by Gasteiger charge is -1.90. The highest BCUT2D eigenvalue weighted by atomic mass is 35.5. The summed E-state index contributed by atoms with van der Waals surface area (Å²) < 4.78 is 0. The fraction of sp³-hybridized carbons (Fsp3) is 0.750. The first-order valence-corrected chi connectivity index (χ1v) is 2.01. The van der Waals surface area contributed by atoms with Gasteiger partial charge in [0.05, 0.1) is 0 Å². The Balaban J connectivity index is 0.000000360. The standard InChI is InChI=1S/C4H6O2.ClH/c5-4(6)3-1-2-3;/h3H,1-2H2,(H,5,6);1H/p-2. The molecular weight excluding hydrogens is 115 g/mol. The van der Waals surface area contributed by atoms with Crippen LogP contribution >= 0.6 is 0 Å². The summed E-state index contributed by atoms with van der Waals surface area (Å²) in [6.45, 7) is 0. The molecule has 0 unspecified atom stereocenters. The van der Waals surface area contributed by atoms with Crippen molar-refractivity contribution < 1.29 is 22.3 Å². The van der Waals surface area contributed by atoms with E-state index in [-0.39, 0.29) is 18.3 Å². The van der Waals surface area contributed by atoms with Gasteiger partial charge in [0.2, 0.25) is 0 Å². The molecule has 1 aliphatic rings. The highest BCUT2D eigenvalue weighted by molar-refractivity contribution is 5.70. The Bertz CT molecular complexity index is 77.8. The molecule has 0 aromatic heterocycles. The van der Waals surface area contributed by atoms with Gasteiger partial charge < -0.3 is 22.3 Å². The first-order chi connectivity index (χ1) is 2.80. The maximum absolute atomic E-state index is 9.65. The van der Waals surface area contributed by atoms with Gasteiger partial charge in [-0.15, -0.1) is 0 Å². The number of carboxylic acid groups (broad SMARTS) is 1. The fourth-order valence-electron chi connectivity index (χ4n) is 0.319. The maximum atomic E-state index is 9.65. The number of aliphatic carboxylic acids is 1. The number of carboxylic acids is 1. The van der Waals surface area contributed by atoms with E-state index in [0.29, 0.717) is 0 Å². The Morgan fingerprint density at radius 1 is 1.57 bits per heavy atom. The molecule has 0 aromatic carbocycles. The Morgan fingerprint density at radius 3 is 2.00 bits per heavy atom. The smallest absolute Gasteiger partial charge is 0.0445 e. The van der Waals surface area contributed by atoms with Gasteiger partial charge in [0.15, 0.2) is 0 Å². The lowest BCUT2D eigenvalue weighted by Crippen LogP contribution is -3.00. The second-order valence-corrected chi connectivity index (χ2v) is 1.59. The van der Waals surface area contributed by atoms with Crippen LogP contribution < -0.4 is 17.5 Å². The molecule has 1 saturated carbocycles. The molecule has 0 bridgehead atoms. The lowest BCUT2D eigenvalue weighted by atomic mass is 10.5. The SMILES string of the molecule is O=C([O-])C1CC1.[Cl-]. The first-order valence-electron chi connectivity index (χ1n) is 2.01. The molecule has 1 rings (SSSR count). The van der Waals surface area contributed by atoms with Crippen LogP contribution in [0.4, 0.5) is 0 Å². The third-order valence-electron chi connectivity index (χ3n) is 0.911. The van der Waals surface area contributed by atoms with Gasteiger partial charge in [-0.05, 0) is 18.8 Å². The Hall–Kier alpha value is -0.240. The van der Waals surface area contributed by atoms with Crippen LogP contribution in [0.1, 0.15) is 12.8 Å². The molecule has 0 radical (unpaired) electrons. The van der Waals surface area contributed by atoms with Crippen LogP contribution in [-0.4, -0.2) is 5.97 Å². The minimum Gasteiger partial charge on any atom is -1.00 e. The molecule has 1 aliphatic carbocycles. The van der Waals surface area contributed by atoms with Crippen molar-refractivity contribution in [3.8, 4) is 0 Å². The maximum Gasteiger partial charge on any atom is 0.0445 e. The monoisotopic (exact) mass is 120 g/mol. The summed E-state index contributed by atoms with van der Waals surface area (Å²) >= 11 is 0. The zero-order valence-electron chi connectivity index (χ0n) is 3.69. The Kier molecular flexibility index (Phi) is 2.09. The second kappa shape index (κ2) is 2.17. The van der Waals surface area contributed by atoms with E-state index in [1.807, 2.05) is 0 Å². The normalized spacial score (nSPS) is 17.7. The van der Waals surface area contributed by atoms with Crippen LogP contribution in [-0.2, 0) is 4.79 Å². The highest BCUT2D eigenvalue weighted by Gasteiger charge is 2.21. The van der Waals surface area contributed by atoms with Gasteiger partial charge in [-0.1, -0.05) is 0 Å². The van der Waals surface area contributed by atoms with Gasteiger partial charge in [0.1, 0.15) is 0 Å². The number of carbonyl (C=O) groups excluding carboxylic acids is 1. The third-order valence-corrected chi connectivity index (χ3v) is 0.911. The molecule has 3 heteroatoms. The molecule has 0 heterocycles. The minimum absolute atomic E-state index is 0. The largest absolute Gasteiger partial charge is 1.00 e. The molecule has 0 aliphatic heterocycles. The Labute approximate surface area is 47.9 Å². The summed E-state index contributed by atoms with van der Waals surface area (Å²) in [7, 11) is 0. The molecule has 0 N–H and O–H groups in total. The van der Waals surface area contributed by atoms with Gasteiger partial charge in [-0.25, -0.2) is 0 Å². The number of carbonyl (C=O) groups is 1. The molecule has 0 amide bonds. The zero-order chi connectivity index (χ0) is 4.57. The van der Waals surface area contributed by atoms with Gasteiger partial charge in [-0.3, -0.25) is 0 Å². The van der Waals surface area contributed by atoms with Crippen LogP contribution in [0.2, 0.25) is 0 Å². The molecule has 0 atom stereocenters. The first kappa shape index (κ1) is 6.76. The molecular formula is C4H5ClO2-2. The van der Waals surface area contributed by atoms with E-state index in [1.54, 1.807) is 0 Å². The van der Waals surface area contributed by atoms with Crippen molar-refractivity contribution in [1.29, 1.82) is 0 Å². The van der Waals surface area contributed by atoms with E-state index in [0.717, 1.165) is 12.8 Å². The molecule has 2 nitrogen and oxygen atoms in total. The summed E-state index contributed by atoms with van der Waals surface area (Å²) in [6, 6.07) is 0. The predicted molar refractivity (Wildman–Crippen MR) is 17.7 cm³/mol. The summed E-state index contributed by atoms with van der Waals surface area (Å²) in [4.78, 5) is 9.65. The van der Waals surface area contributed by atoms with E-state index >= 15 is 0 Å². The van der Waals surface area contributed by atoms with E-state index in [4.69, 9.17) is 0 Å². The summed E-state index contributed by atoms with van der Waals surface area (Å²) in [5, 5.41) is 9.65. The summed E-state index contributed by atoms with van der Waals surface area (Å²) in [5.74, 6) is -0.972. The van der Waals surface area contributed by atoms with Crippen molar-refractivity contribution in [3.63, 3.8) is 0 Å². The van der Waals surface area contributed by atoms with Crippen LogP contribution in [0.5, 0.6) is 0 Å². The van der Waals surface area contributed by atoms with Crippen molar-refractivity contribution in [3.05, 3.63) is 0 Å². The quantitative estimate of drug-likeness (QED) is 0.356. The van der Waals surface area contributed by atoms with Gasteiger partial charge in [-0.2, -0.15) is 0 Å². The van der Waals surface area contributed by atoms with Crippen molar-refractivity contribution in [1.82, 2.24) is 0 Å². The molecule has 0 spiro atoms. The summed E-state index contributed by atoms with van der Waals surface area (Å²) in [6.07, 6.45) is 1.67. The van der Waals surface area contributed by atoms with E-state index in [1.165, 1.54) is 0 Å². The lowest BCUT2D eigenvalue weighted by molar-refractivity contribution is -0.307. The number of hydrogen-bond acceptors (Lipinski definition) is 2. The molecule has 0 saturated heterocycles. The van der Waals surface area contributed by atoms with E-state index in [2.05, 4.69) is 0 Å². The molecule has 0 aromatic rings. The number of halogens is 1. The van der Waals surface area contributed by atoms with Crippen LogP contribution in [0.25, 0.3) is 0 Å². The van der Waals surface area contributed by atoms with Crippen LogP contribution in [0.15, 0.2) is 0 Å². The van der Waals surface area contributed by atoms with Crippen molar-refractivity contribution >= 4 is 5.97 Å². The average Bonchev–Trinajstić information content (AvgIpc) is 2.06. The second-order valence-electron chi connectivity index (χ2n) is 1.59. The van der Waals surface area contributed by atoms with Crippen LogP contribution in [0, 0.1) is 5.92 Å². The van der Waals surface area contributed by atoms with Crippen molar-refractivity contribution in [2.45, 2.75) is 12.8 Å². The van der Waals surface area contributed by atoms with Gasteiger partial charge in [0.25, 0.3) is 0 Å². The van der Waals surface area contributed by atoms with Crippen molar-refractivity contribution in [2.75, 3.05) is 0 Å². The predicted octanol–water partition coefficient (Wildman–Crippen LogP) is -3.85. The van der Waals surface area contributed by atoms with E-state index in [9.17, 15) is 9.90 Å². The van der Waals surface area contributed by atoms with Crippen LogP contribution in [0.3, 0.4) is 0 Å². The topological polar surface area (TPSA) is 40.1 Å². The highest BCUT2D eigenvalue weighted by Crippen LogP contribution is 2.27. The van der Waals surface area contributed by atoms with Gasteiger partial charge >= 0.3 is 0 Å². The molecule has 42 valence electrons. The van der Waals surface area contributed by atoms with Gasteiger partial charge in [0, 0.05) is 5.97 Å². The van der Waals surface area contributed by atoms with E-state index < -0.39 is 5.97 Å². The minimum atomic E-state index is -0.880. The number of hydrogen-bond donors (Lipinski definition) is 0. The van der Waals surface area contributed by atoms with Crippen molar-refractivity contribution in [2.24, 2.45) is 5.92 Å². The average molecular weight is 121 g/mol. The fourth-order valence-corrected chi connectivity index (χ4v) is 0.319. The number of rotatable bonds is 1. The Morgan fingerprint density at radius 2 is 2.00 bits per heavy atom. The zero-order valence-corrected chi connectivity index (χ0v) is 4.44. The molecule has 7 heavy (non-hydrogen) atoms. The summed E-state index contributed by atoms with van der Waals surface area (Å²) in [5.41, 5.74) is 0.